The van der Waals surface area contributed by atoms with Crippen LogP contribution in [0.2, 0.25) is 0 Å². The first kappa shape index (κ1) is 13.9. The molecule has 3 rings (SSSR count). The third-order valence-corrected chi connectivity index (χ3v) is 4.68. The molecule has 2 amide bonds. The van der Waals surface area contributed by atoms with Crippen LogP contribution in [0.5, 0.6) is 0 Å². The van der Waals surface area contributed by atoms with E-state index in [2.05, 4.69) is 0 Å². The highest BCUT2D eigenvalue weighted by Gasteiger charge is 2.47. The van der Waals surface area contributed by atoms with Gasteiger partial charge in [-0.25, -0.2) is 0 Å². The Hall–Kier alpha value is -2.11. The molecule has 21 heavy (non-hydrogen) atoms. The Labute approximate surface area is 122 Å². The first-order chi connectivity index (χ1) is 9.85. The van der Waals surface area contributed by atoms with Crippen molar-refractivity contribution in [3.05, 3.63) is 33.7 Å². The Morgan fingerprint density at radius 3 is 2.48 bits per heavy atom. The van der Waals surface area contributed by atoms with Crippen molar-refractivity contribution in [3.63, 3.8) is 0 Å². The average Bonchev–Trinajstić information content (AvgIpc) is 2.36. The number of nitrogens with two attached hydrogens (primary N) is 1. The number of fused-ring (bicyclic) bond motifs is 2. The van der Waals surface area contributed by atoms with Gasteiger partial charge in [0, 0.05) is 24.8 Å². The van der Waals surface area contributed by atoms with Crippen molar-refractivity contribution in [2.45, 2.75) is 44.7 Å². The third-order valence-electron chi connectivity index (χ3n) is 4.68. The van der Waals surface area contributed by atoms with Gasteiger partial charge in [-0.2, -0.15) is 0 Å². The van der Waals surface area contributed by atoms with Gasteiger partial charge in [-0.05, 0) is 33.1 Å². The molecule has 112 valence electrons. The Morgan fingerprint density at radius 2 is 2.00 bits per heavy atom. The zero-order valence-electron chi connectivity index (χ0n) is 12.3. The van der Waals surface area contributed by atoms with Gasteiger partial charge in [0.15, 0.2) is 5.43 Å². The number of primary amides is 1. The topological polar surface area (TPSA) is 85.4 Å². The lowest BCUT2D eigenvalue weighted by molar-refractivity contribution is 0.0236. The van der Waals surface area contributed by atoms with Gasteiger partial charge >= 0.3 is 0 Å². The standard InChI is InChI=1S/C15H19N3O3/c1-9(2)17-8-15(4-3-5-15)18-7-10(13(16)20)12(19)6-11(18)14(17)21/h6-7,9H,3-5,8H2,1-2H3,(H2,16,20). The van der Waals surface area contributed by atoms with E-state index < -0.39 is 11.3 Å². The quantitative estimate of drug-likeness (QED) is 0.869. The molecule has 0 atom stereocenters. The molecule has 1 fully saturated rings. The minimum atomic E-state index is -0.747. The Bertz CT molecular complexity index is 686. The van der Waals surface area contributed by atoms with Gasteiger partial charge in [-0.15, -0.1) is 0 Å². The zero-order valence-corrected chi connectivity index (χ0v) is 12.3. The van der Waals surface area contributed by atoms with Crippen LogP contribution in [0.3, 0.4) is 0 Å². The number of hydrogen-bond acceptors (Lipinski definition) is 3. The van der Waals surface area contributed by atoms with Gasteiger partial charge in [0.05, 0.1) is 5.54 Å². The maximum absolute atomic E-state index is 12.6. The van der Waals surface area contributed by atoms with Crippen molar-refractivity contribution in [2.75, 3.05) is 6.54 Å². The molecule has 2 aliphatic rings. The highest BCUT2D eigenvalue weighted by molar-refractivity contribution is 5.96. The SMILES string of the molecule is CC(C)N1CC2(CCC2)n2cc(C(N)=O)c(=O)cc2C1=O. The maximum atomic E-state index is 12.6. The summed E-state index contributed by atoms with van der Waals surface area (Å²) in [5.74, 6) is -0.904. The van der Waals surface area contributed by atoms with Crippen LogP contribution in [0.25, 0.3) is 0 Å². The van der Waals surface area contributed by atoms with Crippen molar-refractivity contribution in [3.8, 4) is 0 Å². The van der Waals surface area contributed by atoms with Crippen LogP contribution in [0.4, 0.5) is 0 Å². The number of pyridine rings is 1. The largest absolute Gasteiger partial charge is 0.365 e. The van der Waals surface area contributed by atoms with Crippen LogP contribution in [0.1, 0.15) is 54.0 Å². The average molecular weight is 289 g/mol. The lowest BCUT2D eigenvalue weighted by atomic mass is 9.74. The second kappa shape index (κ2) is 4.44. The predicted octanol–water partition coefficient (Wildman–Crippen LogP) is 0.691. The molecule has 2 heterocycles. The number of rotatable bonds is 2. The molecule has 6 heteroatoms. The van der Waals surface area contributed by atoms with Crippen molar-refractivity contribution < 1.29 is 9.59 Å². The molecule has 0 bridgehead atoms. The monoisotopic (exact) mass is 289 g/mol. The van der Waals surface area contributed by atoms with Crippen LogP contribution in [0.15, 0.2) is 17.1 Å². The first-order valence-corrected chi connectivity index (χ1v) is 7.24. The van der Waals surface area contributed by atoms with E-state index in [9.17, 15) is 14.4 Å². The van der Waals surface area contributed by atoms with E-state index in [1.165, 1.54) is 12.3 Å². The summed E-state index contributed by atoms with van der Waals surface area (Å²) in [5, 5.41) is 0. The van der Waals surface area contributed by atoms with Gasteiger partial charge in [0.2, 0.25) is 0 Å². The van der Waals surface area contributed by atoms with Gasteiger partial charge in [-0.1, -0.05) is 0 Å². The minimum absolute atomic E-state index is 0.0455. The van der Waals surface area contributed by atoms with Crippen LogP contribution < -0.4 is 11.2 Å². The summed E-state index contributed by atoms with van der Waals surface area (Å²) in [7, 11) is 0. The fraction of sp³-hybridized carbons (Fsp3) is 0.533. The molecule has 0 radical (unpaired) electrons. The number of amides is 2. The fourth-order valence-corrected chi connectivity index (χ4v) is 3.29. The van der Waals surface area contributed by atoms with E-state index >= 15 is 0 Å². The number of carbonyl (C=O) groups is 2. The van der Waals surface area contributed by atoms with Crippen LogP contribution >= 0.6 is 0 Å². The maximum Gasteiger partial charge on any atom is 0.270 e. The number of carbonyl (C=O) groups excluding carboxylic acids is 2. The van der Waals surface area contributed by atoms with Gasteiger partial charge in [-0.3, -0.25) is 14.4 Å². The predicted molar refractivity (Wildman–Crippen MR) is 77.2 cm³/mol. The molecule has 1 aliphatic heterocycles. The van der Waals surface area contributed by atoms with Crippen LogP contribution in [-0.4, -0.2) is 33.9 Å². The fourth-order valence-electron chi connectivity index (χ4n) is 3.29. The normalized spacial score (nSPS) is 19.6. The lowest BCUT2D eigenvalue weighted by Gasteiger charge is -2.52. The molecule has 1 saturated carbocycles. The summed E-state index contributed by atoms with van der Waals surface area (Å²) in [6.45, 7) is 4.56. The molecule has 1 aromatic rings. The molecular formula is C15H19N3O3. The minimum Gasteiger partial charge on any atom is -0.365 e. The Balaban J connectivity index is 2.21. The van der Waals surface area contributed by atoms with Gasteiger partial charge in [0.1, 0.15) is 11.3 Å². The summed E-state index contributed by atoms with van der Waals surface area (Å²) in [6.07, 6.45) is 4.45. The smallest absolute Gasteiger partial charge is 0.270 e. The molecule has 0 unspecified atom stereocenters. The molecule has 6 nitrogen and oxygen atoms in total. The van der Waals surface area contributed by atoms with Crippen molar-refractivity contribution in [1.29, 1.82) is 0 Å². The van der Waals surface area contributed by atoms with Gasteiger partial charge in [0.25, 0.3) is 11.8 Å². The summed E-state index contributed by atoms with van der Waals surface area (Å²) in [5.41, 5.74) is 4.91. The zero-order chi connectivity index (χ0) is 15.4. The first-order valence-electron chi connectivity index (χ1n) is 7.24. The van der Waals surface area contributed by atoms with Crippen molar-refractivity contribution in [2.24, 2.45) is 5.73 Å². The summed E-state index contributed by atoms with van der Waals surface area (Å²) in [4.78, 5) is 37.8. The third kappa shape index (κ3) is 1.89. The van der Waals surface area contributed by atoms with E-state index in [-0.39, 0.29) is 23.1 Å². The molecule has 1 aromatic heterocycles. The van der Waals surface area contributed by atoms with Crippen molar-refractivity contribution in [1.82, 2.24) is 9.47 Å². The summed E-state index contributed by atoms with van der Waals surface area (Å²) < 4.78 is 1.82. The number of aromatic nitrogens is 1. The molecule has 2 N–H and O–H groups in total. The highest BCUT2D eigenvalue weighted by atomic mass is 16.2. The highest BCUT2D eigenvalue weighted by Crippen LogP contribution is 2.43. The number of hydrogen-bond donors (Lipinski definition) is 1. The van der Waals surface area contributed by atoms with Gasteiger partial charge < -0.3 is 15.2 Å². The molecule has 1 aliphatic carbocycles. The molecular weight excluding hydrogens is 270 g/mol. The van der Waals surface area contributed by atoms with E-state index in [1.54, 1.807) is 4.90 Å². The van der Waals surface area contributed by atoms with Crippen LogP contribution in [-0.2, 0) is 5.54 Å². The lowest BCUT2D eigenvalue weighted by Crippen LogP contribution is -2.59. The van der Waals surface area contributed by atoms with E-state index in [1.807, 2.05) is 18.4 Å². The Morgan fingerprint density at radius 1 is 1.33 bits per heavy atom. The summed E-state index contributed by atoms with van der Waals surface area (Å²) >= 11 is 0. The molecule has 0 saturated heterocycles. The Kier molecular flexibility index (Phi) is 2.93. The van der Waals surface area contributed by atoms with E-state index in [0.717, 1.165) is 19.3 Å². The van der Waals surface area contributed by atoms with E-state index in [0.29, 0.717) is 12.2 Å². The second-order valence-electron chi connectivity index (χ2n) is 6.28. The second-order valence-corrected chi connectivity index (χ2v) is 6.28. The van der Waals surface area contributed by atoms with E-state index in [4.69, 9.17) is 5.73 Å². The number of nitrogens with zero attached hydrogens (tertiary/aromatic N) is 2. The molecule has 0 aromatic carbocycles. The van der Waals surface area contributed by atoms with Crippen molar-refractivity contribution >= 4 is 11.8 Å². The summed E-state index contributed by atoms with van der Waals surface area (Å²) in [6, 6.07) is 1.34. The molecule has 1 spiro atoms. The van der Waals surface area contributed by atoms with Crippen LogP contribution in [0, 0.1) is 0 Å².